The predicted octanol–water partition coefficient (Wildman–Crippen LogP) is 2.21. The Hall–Kier alpha value is -1.47. The third kappa shape index (κ3) is 8.60. The zero-order valence-corrected chi connectivity index (χ0v) is 12.2. The van der Waals surface area contributed by atoms with E-state index in [2.05, 4.69) is 5.32 Å². The first kappa shape index (κ1) is 18.5. The summed E-state index contributed by atoms with van der Waals surface area (Å²) in [5, 5.41) is 4.01. The second-order valence-electron chi connectivity index (χ2n) is 5.70. The van der Waals surface area contributed by atoms with Crippen LogP contribution in [0.4, 0.5) is 18.0 Å². The van der Waals surface area contributed by atoms with Gasteiger partial charge in [-0.05, 0) is 26.7 Å². The van der Waals surface area contributed by atoms with Crippen LogP contribution in [0.3, 0.4) is 0 Å². The number of hydrogen-bond acceptors (Lipinski definition) is 3. The number of rotatable bonds is 4. The van der Waals surface area contributed by atoms with E-state index in [1.54, 1.807) is 39.9 Å². The van der Waals surface area contributed by atoms with E-state index in [9.17, 15) is 22.8 Å². The molecule has 0 aliphatic heterocycles. The van der Waals surface area contributed by atoms with Crippen LogP contribution >= 0.6 is 0 Å². The van der Waals surface area contributed by atoms with Crippen LogP contribution in [0.15, 0.2) is 0 Å². The van der Waals surface area contributed by atoms with Gasteiger partial charge in [-0.15, -0.1) is 0 Å². The molecule has 0 bridgehead atoms. The van der Waals surface area contributed by atoms with Crippen molar-refractivity contribution in [2.24, 2.45) is 5.92 Å². The van der Waals surface area contributed by atoms with Gasteiger partial charge in [0.05, 0.1) is 0 Å². The fourth-order valence-corrected chi connectivity index (χ4v) is 1.27. The fourth-order valence-electron chi connectivity index (χ4n) is 1.27. The monoisotopic (exact) mass is 298 g/mol. The average Bonchev–Trinajstić information content (AvgIpc) is 2.18. The normalized spacial score (nSPS) is 13.8. The number of halogens is 3. The van der Waals surface area contributed by atoms with Crippen LogP contribution in [0.25, 0.3) is 0 Å². The summed E-state index contributed by atoms with van der Waals surface area (Å²) >= 11 is 0. The third-order valence-corrected chi connectivity index (χ3v) is 2.08. The summed E-state index contributed by atoms with van der Waals surface area (Å²) in [5.74, 6) is -1.28. The molecule has 0 heterocycles. The molecule has 0 radical (unpaired) electrons. The molecule has 8 heteroatoms. The number of alkyl halides is 3. The fraction of sp³-hybridized carbons (Fsp3) is 0.833. The Kier molecular flexibility index (Phi) is 6.31. The number of carbonyl (C=O) groups is 2. The molecular formula is C12H21F3N2O3. The van der Waals surface area contributed by atoms with Gasteiger partial charge in [0, 0.05) is 0 Å². The second kappa shape index (κ2) is 6.81. The lowest BCUT2D eigenvalue weighted by Gasteiger charge is -2.25. The van der Waals surface area contributed by atoms with Crippen molar-refractivity contribution >= 4 is 12.0 Å². The van der Waals surface area contributed by atoms with Gasteiger partial charge in [-0.2, -0.15) is 13.2 Å². The molecule has 2 amide bonds. The molecule has 0 aliphatic carbocycles. The topological polar surface area (TPSA) is 67.4 Å². The summed E-state index contributed by atoms with van der Waals surface area (Å²) in [5.41, 5.74) is -0.756. The Labute approximate surface area is 116 Å². The lowest BCUT2D eigenvalue weighted by atomic mass is 10.0. The first-order valence-electron chi connectivity index (χ1n) is 6.16. The summed E-state index contributed by atoms with van der Waals surface area (Å²) in [4.78, 5) is 23.2. The molecule has 1 atom stereocenters. The van der Waals surface area contributed by atoms with Gasteiger partial charge in [0.15, 0.2) is 0 Å². The molecule has 0 saturated heterocycles. The quantitative estimate of drug-likeness (QED) is 0.836. The largest absolute Gasteiger partial charge is 0.444 e. The van der Waals surface area contributed by atoms with E-state index in [0.717, 1.165) is 0 Å². The van der Waals surface area contributed by atoms with Gasteiger partial charge in [-0.25, -0.2) is 4.79 Å². The molecule has 2 N–H and O–H groups in total. The molecule has 0 aromatic rings. The maximum Gasteiger partial charge on any atom is 0.408 e. The SMILES string of the molecule is CC(C)[C@@H](NC(=O)OC(C)(C)C)C(=O)NCC(F)(F)F. The Bertz CT molecular complexity index is 349. The van der Waals surface area contributed by atoms with Crippen LogP contribution in [0.1, 0.15) is 34.6 Å². The summed E-state index contributed by atoms with van der Waals surface area (Å²) in [6.07, 6.45) is -5.35. The van der Waals surface area contributed by atoms with Gasteiger partial charge in [0.2, 0.25) is 5.91 Å². The van der Waals surface area contributed by atoms with Crippen molar-refractivity contribution in [1.82, 2.24) is 10.6 Å². The molecule has 0 spiro atoms. The molecule has 118 valence electrons. The van der Waals surface area contributed by atoms with Crippen LogP contribution in [-0.4, -0.2) is 36.4 Å². The molecule has 0 saturated carbocycles. The predicted molar refractivity (Wildman–Crippen MR) is 67.1 cm³/mol. The van der Waals surface area contributed by atoms with E-state index in [1.165, 1.54) is 0 Å². The van der Waals surface area contributed by atoms with Crippen molar-refractivity contribution in [2.75, 3.05) is 6.54 Å². The van der Waals surface area contributed by atoms with Crippen molar-refractivity contribution in [3.63, 3.8) is 0 Å². The van der Waals surface area contributed by atoms with Crippen molar-refractivity contribution in [3.8, 4) is 0 Å². The first-order valence-corrected chi connectivity index (χ1v) is 6.16. The highest BCUT2D eigenvalue weighted by atomic mass is 19.4. The Morgan fingerprint density at radius 2 is 1.65 bits per heavy atom. The van der Waals surface area contributed by atoms with E-state index in [1.807, 2.05) is 0 Å². The van der Waals surface area contributed by atoms with Gasteiger partial charge < -0.3 is 15.4 Å². The average molecular weight is 298 g/mol. The Balaban J connectivity index is 4.58. The van der Waals surface area contributed by atoms with Crippen LogP contribution in [-0.2, 0) is 9.53 Å². The molecule has 0 aromatic heterocycles. The minimum absolute atomic E-state index is 0.379. The first-order chi connectivity index (χ1) is 8.82. The lowest BCUT2D eigenvalue weighted by molar-refractivity contribution is -0.140. The number of nitrogens with one attached hydrogen (secondary N) is 2. The second-order valence-corrected chi connectivity index (χ2v) is 5.70. The summed E-state index contributed by atoms with van der Waals surface area (Å²) < 4.78 is 41.1. The third-order valence-electron chi connectivity index (χ3n) is 2.08. The summed E-state index contributed by atoms with van der Waals surface area (Å²) in [7, 11) is 0. The lowest BCUT2D eigenvalue weighted by Crippen LogP contribution is -2.52. The zero-order chi connectivity index (χ0) is 16.1. The molecule has 20 heavy (non-hydrogen) atoms. The molecular weight excluding hydrogens is 277 g/mol. The zero-order valence-electron chi connectivity index (χ0n) is 12.2. The molecule has 5 nitrogen and oxygen atoms in total. The Morgan fingerprint density at radius 3 is 2.00 bits per heavy atom. The number of ether oxygens (including phenoxy) is 1. The van der Waals surface area contributed by atoms with E-state index in [4.69, 9.17) is 4.74 Å². The van der Waals surface area contributed by atoms with Crippen LogP contribution in [0, 0.1) is 5.92 Å². The highest BCUT2D eigenvalue weighted by Crippen LogP contribution is 2.13. The van der Waals surface area contributed by atoms with Crippen molar-refractivity contribution in [3.05, 3.63) is 0 Å². The van der Waals surface area contributed by atoms with E-state index in [0.29, 0.717) is 0 Å². The molecule has 0 aromatic carbocycles. The minimum Gasteiger partial charge on any atom is -0.444 e. The van der Waals surface area contributed by atoms with Crippen LogP contribution < -0.4 is 10.6 Å². The summed E-state index contributed by atoms with van der Waals surface area (Å²) in [6.45, 7) is 6.69. The number of hydrogen-bond donors (Lipinski definition) is 2. The van der Waals surface area contributed by atoms with Gasteiger partial charge in [0.1, 0.15) is 18.2 Å². The standard InChI is InChI=1S/C12H21F3N2O3/c1-7(2)8(9(18)16-6-12(13,14)15)17-10(19)20-11(3,4)5/h7-8H,6H2,1-5H3,(H,16,18)(H,17,19)/t8-/m1/s1. The van der Waals surface area contributed by atoms with E-state index < -0.39 is 36.4 Å². The smallest absolute Gasteiger partial charge is 0.408 e. The highest BCUT2D eigenvalue weighted by Gasteiger charge is 2.31. The van der Waals surface area contributed by atoms with Gasteiger partial charge >= 0.3 is 12.3 Å². The van der Waals surface area contributed by atoms with E-state index in [-0.39, 0.29) is 5.92 Å². The van der Waals surface area contributed by atoms with Crippen molar-refractivity contribution in [2.45, 2.75) is 52.4 Å². The van der Waals surface area contributed by atoms with E-state index >= 15 is 0 Å². The Morgan fingerprint density at radius 1 is 1.15 bits per heavy atom. The van der Waals surface area contributed by atoms with Crippen molar-refractivity contribution in [1.29, 1.82) is 0 Å². The molecule has 0 rings (SSSR count). The molecule has 0 fully saturated rings. The molecule has 0 aliphatic rings. The van der Waals surface area contributed by atoms with Crippen LogP contribution in [0.5, 0.6) is 0 Å². The highest BCUT2D eigenvalue weighted by molar-refractivity contribution is 5.85. The molecule has 0 unspecified atom stereocenters. The number of amides is 2. The summed E-state index contributed by atoms with van der Waals surface area (Å²) in [6, 6.07) is -1.09. The number of alkyl carbamates (subject to hydrolysis) is 1. The van der Waals surface area contributed by atoms with Gasteiger partial charge in [0.25, 0.3) is 0 Å². The maximum atomic E-state index is 12.0. The van der Waals surface area contributed by atoms with Gasteiger partial charge in [-0.3, -0.25) is 4.79 Å². The van der Waals surface area contributed by atoms with Crippen LogP contribution in [0.2, 0.25) is 0 Å². The minimum atomic E-state index is -4.50. The van der Waals surface area contributed by atoms with Gasteiger partial charge in [-0.1, -0.05) is 13.8 Å². The van der Waals surface area contributed by atoms with Crippen molar-refractivity contribution < 1.29 is 27.5 Å². The number of carbonyl (C=O) groups excluding carboxylic acids is 2. The maximum absolute atomic E-state index is 12.0.